The van der Waals surface area contributed by atoms with Crippen molar-refractivity contribution in [1.82, 2.24) is 5.06 Å². The molecule has 0 radical (unpaired) electrons. The number of nitro benzene ring substituents is 1. The lowest BCUT2D eigenvalue weighted by atomic mass is 10.1. The third-order valence-electron chi connectivity index (χ3n) is 3.09. The maximum absolute atomic E-state index is 12.0. The lowest BCUT2D eigenvalue weighted by molar-refractivity contribution is -0.384. The monoisotopic (exact) mass is 312 g/mol. The van der Waals surface area contributed by atoms with Crippen LogP contribution in [0.1, 0.15) is 20.7 Å². The van der Waals surface area contributed by atoms with E-state index in [1.165, 1.54) is 36.4 Å². The second-order valence-corrected chi connectivity index (χ2v) is 4.49. The molecule has 9 nitrogen and oxygen atoms in total. The SMILES string of the molecule is O=C1c2ccccc2C(=O)N1ON=Nc1ccc([N+](=O)[O-])cc1. The van der Waals surface area contributed by atoms with Crippen LogP contribution >= 0.6 is 0 Å². The van der Waals surface area contributed by atoms with Crippen molar-refractivity contribution in [1.29, 1.82) is 0 Å². The summed E-state index contributed by atoms with van der Waals surface area (Å²) in [6, 6.07) is 11.5. The van der Waals surface area contributed by atoms with Gasteiger partial charge in [0.05, 0.1) is 27.0 Å². The smallest absolute Gasteiger partial charge is 0.265 e. The third-order valence-corrected chi connectivity index (χ3v) is 3.09. The summed E-state index contributed by atoms with van der Waals surface area (Å²) in [6.45, 7) is 0. The minimum absolute atomic E-state index is 0.0924. The summed E-state index contributed by atoms with van der Waals surface area (Å²) in [6.07, 6.45) is 0. The molecule has 0 aliphatic carbocycles. The van der Waals surface area contributed by atoms with E-state index >= 15 is 0 Å². The van der Waals surface area contributed by atoms with Gasteiger partial charge in [-0.25, -0.2) is 4.94 Å². The number of hydrogen-bond acceptors (Lipinski definition) is 7. The average molecular weight is 312 g/mol. The Morgan fingerprint density at radius 3 is 2.04 bits per heavy atom. The molecular formula is C14H8N4O5. The van der Waals surface area contributed by atoms with E-state index in [4.69, 9.17) is 4.94 Å². The number of benzene rings is 2. The summed E-state index contributed by atoms with van der Waals surface area (Å²) < 4.78 is 0. The molecule has 114 valence electrons. The highest BCUT2D eigenvalue weighted by Crippen LogP contribution is 2.23. The van der Waals surface area contributed by atoms with Crippen molar-refractivity contribution in [2.24, 2.45) is 10.4 Å². The van der Waals surface area contributed by atoms with Gasteiger partial charge in [-0.15, -0.1) is 5.11 Å². The lowest BCUT2D eigenvalue weighted by Gasteiger charge is -2.06. The molecule has 0 atom stereocenters. The minimum Gasteiger partial charge on any atom is -0.265 e. The summed E-state index contributed by atoms with van der Waals surface area (Å²) in [7, 11) is 0. The van der Waals surface area contributed by atoms with Gasteiger partial charge in [0, 0.05) is 12.1 Å². The summed E-state index contributed by atoms with van der Waals surface area (Å²) in [5.74, 6) is -1.26. The van der Waals surface area contributed by atoms with Crippen molar-refractivity contribution >= 4 is 23.2 Å². The van der Waals surface area contributed by atoms with Crippen LogP contribution in [-0.4, -0.2) is 21.8 Å². The zero-order valence-electron chi connectivity index (χ0n) is 11.4. The predicted molar refractivity (Wildman–Crippen MR) is 75.6 cm³/mol. The Morgan fingerprint density at radius 1 is 0.957 bits per heavy atom. The van der Waals surface area contributed by atoms with Crippen molar-refractivity contribution in [3.63, 3.8) is 0 Å². The number of hydroxylamine groups is 2. The van der Waals surface area contributed by atoms with Crippen molar-refractivity contribution in [2.75, 3.05) is 0 Å². The number of nitrogens with zero attached hydrogens (tertiary/aromatic N) is 4. The first-order valence-corrected chi connectivity index (χ1v) is 6.38. The van der Waals surface area contributed by atoms with Crippen molar-refractivity contribution in [2.45, 2.75) is 0 Å². The zero-order chi connectivity index (χ0) is 16.4. The van der Waals surface area contributed by atoms with Crippen LogP contribution in [0.4, 0.5) is 11.4 Å². The first-order chi connectivity index (χ1) is 11.1. The van der Waals surface area contributed by atoms with Gasteiger partial charge in [0.2, 0.25) is 0 Å². The zero-order valence-corrected chi connectivity index (χ0v) is 11.4. The molecule has 0 unspecified atom stereocenters. The van der Waals surface area contributed by atoms with Gasteiger partial charge in [-0.2, -0.15) is 0 Å². The van der Waals surface area contributed by atoms with Gasteiger partial charge in [-0.1, -0.05) is 17.2 Å². The first kappa shape index (κ1) is 14.3. The molecule has 0 saturated carbocycles. The summed E-state index contributed by atoms with van der Waals surface area (Å²) in [5.41, 5.74) is 0.628. The second-order valence-electron chi connectivity index (χ2n) is 4.49. The molecule has 2 aromatic rings. The first-order valence-electron chi connectivity index (χ1n) is 6.38. The molecular weight excluding hydrogens is 304 g/mol. The van der Waals surface area contributed by atoms with E-state index in [9.17, 15) is 19.7 Å². The largest absolute Gasteiger partial charge is 0.297 e. The molecule has 1 heterocycles. The van der Waals surface area contributed by atoms with Gasteiger partial charge in [-0.05, 0) is 24.3 Å². The maximum atomic E-state index is 12.0. The molecule has 0 saturated heterocycles. The maximum Gasteiger partial charge on any atom is 0.297 e. The highest BCUT2D eigenvalue weighted by atomic mass is 16.8. The van der Waals surface area contributed by atoms with Crippen LogP contribution in [0.15, 0.2) is 58.9 Å². The number of hydrogen-bond donors (Lipinski definition) is 0. The van der Waals surface area contributed by atoms with Crippen LogP contribution in [0.2, 0.25) is 0 Å². The van der Waals surface area contributed by atoms with E-state index in [1.807, 2.05) is 0 Å². The highest BCUT2D eigenvalue weighted by molar-refractivity contribution is 6.20. The normalized spacial score (nSPS) is 13.5. The van der Waals surface area contributed by atoms with Crippen molar-refractivity contribution < 1.29 is 19.5 Å². The quantitative estimate of drug-likeness (QED) is 0.372. The van der Waals surface area contributed by atoms with Crippen molar-refractivity contribution in [3.05, 3.63) is 69.8 Å². The minimum atomic E-state index is -0.631. The van der Waals surface area contributed by atoms with Gasteiger partial charge in [0.1, 0.15) is 0 Å². The third kappa shape index (κ3) is 2.62. The molecule has 0 N–H and O–H groups in total. The number of amides is 2. The van der Waals surface area contributed by atoms with Crippen LogP contribution in [0.5, 0.6) is 0 Å². The predicted octanol–water partition coefficient (Wildman–Crippen LogP) is 2.82. The molecule has 2 amide bonds. The van der Waals surface area contributed by atoms with Gasteiger partial charge >= 0.3 is 0 Å². The number of non-ortho nitro benzene ring substituents is 1. The molecule has 0 aromatic heterocycles. The fourth-order valence-corrected chi connectivity index (χ4v) is 1.98. The molecule has 1 aliphatic heterocycles. The van der Waals surface area contributed by atoms with E-state index in [0.717, 1.165) is 0 Å². The Kier molecular flexibility index (Phi) is 3.51. The van der Waals surface area contributed by atoms with E-state index in [1.54, 1.807) is 12.1 Å². The fourth-order valence-electron chi connectivity index (χ4n) is 1.98. The number of carbonyl (C=O) groups is 2. The summed E-state index contributed by atoms with van der Waals surface area (Å²) in [4.78, 5) is 38.7. The van der Waals surface area contributed by atoms with Crippen molar-refractivity contribution in [3.8, 4) is 0 Å². The Labute approximate surface area is 128 Å². The second kappa shape index (κ2) is 5.64. The standard InChI is InChI=1S/C14H8N4O5/c19-13-11-3-1-2-4-12(11)14(20)17(13)23-16-15-9-5-7-10(8-6-9)18(21)22/h1-8H. The van der Waals surface area contributed by atoms with E-state index < -0.39 is 16.7 Å². The Hall–Kier alpha value is -3.62. The number of nitro groups is 1. The fraction of sp³-hybridized carbons (Fsp3) is 0. The molecule has 0 spiro atoms. The lowest BCUT2D eigenvalue weighted by Crippen LogP contribution is -2.27. The molecule has 0 fully saturated rings. The summed E-state index contributed by atoms with van der Waals surface area (Å²) in [5, 5.41) is 18.0. The molecule has 3 rings (SSSR count). The highest BCUT2D eigenvalue weighted by Gasteiger charge is 2.37. The Bertz CT molecular complexity index is 796. The number of carbonyl (C=O) groups excluding carboxylic acids is 2. The number of rotatable bonds is 4. The van der Waals surface area contributed by atoms with Crippen LogP contribution in [0, 0.1) is 10.1 Å². The van der Waals surface area contributed by atoms with Gasteiger partial charge in [0.25, 0.3) is 17.5 Å². The van der Waals surface area contributed by atoms with Gasteiger partial charge in [-0.3, -0.25) is 19.7 Å². The average Bonchev–Trinajstić information content (AvgIpc) is 2.81. The molecule has 0 bridgehead atoms. The Morgan fingerprint density at radius 2 is 1.52 bits per heavy atom. The van der Waals surface area contributed by atoms with Crippen LogP contribution < -0.4 is 0 Å². The van der Waals surface area contributed by atoms with E-state index in [2.05, 4.69) is 10.4 Å². The van der Waals surface area contributed by atoms with Crippen LogP contribution in [0.3, 0.4) is 0 Å². The molecule has 2 aromatic carbocycles. The van der Waals surface area contributed by atoms with Gasteiger partial charge in [0.15, 0.2) is 0 Å². The number of imide groups is 1. The molecule has 9 heteroatoms. The van der Waals surface area contributed by atoms with E-state index in [0.29, 0.717) is 5.06 Å². The number of fused-ring (bicyclic) bond motifs is 1. The summed E-state index contributed by atoms with van der Waals surface area (Å²) >= 11 is 0. The molecule has 1 aliphatic rings. The molecule has 23 heavy (non-hydrogen) atoms. The topological polar surface area (TPSA) is 114 Å². The van der Waals surface area contributed by atoms with E-state index in [-0.39, 0.29) is 22.5 Å². The van der Waals surface area contributed by atoms with Crippen LogP contribution in [0.25, 0.3) is 0 Å². The van der Waals surface area contributed by atoms with Gasteiger partial charge < -0.3 is 0 Å². The van der Waals surface area contributed by atoms with Crippen LogP contribution in [-0.2, 0) is 4.94 Å². The Balaban J connectivity index is 1.70.